The number of nitrogens with two attached hydrogens (primary N) is 1. The zero-order valence-electron chi connectivity index (χ0n) is 38.5. The van der Waals surface area contributed by atoms with Crippen LogP contribution in [0, 0.1) is 13.8 Å². The molecule has 1 unspecified atom stereocenters. The number of aliphatic hydroxyl groups is 1. The lowest BCUT2D eigenvalue weighted by atomic mass is 10.0. The van der Waals surface area contributed by atoms with Gasteiger partial charge in [0.05, 0.1) is 19.3 Å². The zero-order valence-corrected chi connectivity index (χ0v) is 39.4. The van der Waals surface area contributed by atoms with Gasteiger partial charge in [0.15, 0.2) is 6.10 Å². The number of carbonyl (C=O) groups is 2. The van der Waals surface area contributed by atoms with E-state index in [1.807, 2.05) is 18.2 Å². The van der Waals surface area contributed by atoms with Crippen molar-refractivity contribution in [3.05, 3.63) is 71.3 Å². The number of unbranched alkanes of at least 4 members (excludes halogenated alkanes) is 13. The maximum absolute atomic E-state index is 12.7. The smallest absolute Gasteiger partial charge is 0.466 e. The Morgan fingerprint density at radius 3 is 1.79 bits per heavy atom. The van der Waals surface area contributed by atoms with Crippen LogP contribution in [0.5, 0.6) is 0 Å². The molecule has 0 bridgehead atoms. The Kier molecular flexibility index (Phi) is 34.8. The molecule has 1 rings (SSSR count). The molecule has 350 valence electrons. The van der Waals surface area contributed by atoms with Crippen LogP contribution in [0.15, 0.2) is 53.0 Å². The van der Waals surface area contributed by atoms with Gasteiger partial charge in [-0.2, -0.15) is 0 Å². The molecule has 0 aliphatic heterocycles. The highest BCUT2D eigenvalue weighted by Crippen LogP contribution is 2.43. The maximum Gasteiger partial charge on any atom is 0.472 e. The van der Waals surface area contributed by atoms with Gasteiger partial charge in [0, 0.05) is 32.2 Å². The molecule has 1 heterocycles. The van der Waals surface area contributed by atoms with E-state index in [-0.39, 0.29) is 38.7 Å². The first-order chi connectivity index (χ1) is 29.5. The standard InChI is InChI=1S/C49H84NO10P/c1-5-7-27-34-46-42(3)43(4)47(60-46)35-29-24-20-16-13-14-18-22-26-31-37-49(53)59-45(41-58-61(54,55)57-39-38-50)40-56-48(52)36-30-25-21-17-12-10-9-11-15-19-23-28-33-44(51)32-8-6-2/h9-10,15,17,19,21,28,33,44-45,51H,5-8,11-14,16,18,20,22-27,29-32,34-41,50H2,1-4H3,(H,54,55)/b10-9-,19-15-,21-17-,33-28-/t44-,45+/m0/s1. The van der Waals surface area contributed by atoms with Gasteiger partial charge in [-0.25, -0.2) is 4.57 Å². The summed E-state index contributed by atoms with van der Waals surface area (Å²) in [5.74, 6) is 1.43. The van der Waals surface area contributed by atoms with Crippen LogP contribution < -0.4 is 5.73 Å². The van der Waals surface area contributed by atoms with E-state index in [1.54, 1.807) is 0 Å². The first-order valence-electron chi connectivity index (χ1n) is 23.6. The third-order valence-corrected chi connectivity index (χ3v) is 11.5. The molecule has 0 radical (unpaired) electrons. The fourth-order valence-corrected chi connectivity index (χ4v) is 7.41. The number of rotatable bonds is 40. The van der Waals surface area contributed by atoms with Gasteiger partial charge in [0.25, 0.3) is 0 Å². The Bertz CT molecular complexity index is 1430. The third kappa shape index (κ3) is 31.7. The van der Waals surface area contributed by atoms with Crippen molar-refractivity contribution in [3.63, 3.8) is 0 Å². The van der Waals surface area contributed by atoms with Crippen LogP contribution in [0.4, 0.5) is 0 Å². The molecule has 3 atom stereocenters. The minimum atomic E-state index is -4.41. The quantitative estimate of drug-likeness (QED) is 0.0248. The average molecular weight is 878 g/mol. The highest BCUT2D eigenvalue weighted by molar-refractivity contribution is 7.47. The van der Waals surface area contributed by atoms with Crippen molar-refractivity contribution in [1.82, 2.24) is 0 Å². The van der Waals surface area contributed by atoms with E-state index in [0.29, 0.717) is 19.3 Å². The van der Waals surface area contributed by atoms with Gasteiger partial charge in [0.2, 0.25) is 0 Å². The van der Waals surface area contributed by atoms with E-state index in [1.165, 1.54) is 80.4 Å². The number of phosphoric ester groups is 1. The van der Waals surface area contributed by atoms with Gasteiger partial charge in [0.1, 0.15) is 18.1 Å². The summed E-state index contributed by atoms with van der Waals surface area (Å²) in [5, 5.41) is 9.82. The number of allylic oxidation sites excluding steroid dienone is 7. The number of carbonyl (C=O) groups excluding carboxylic acids is 2. The van der Waals surface area contributed by atoms with Gasteiger partial charge in [-0.3, -0.25) is 18.6 Å². The summed E-state index contributed by atoms with van der Waals surface area (Å²) in [5.41, 5.74) is 8.03. The van der Waals surface area contributed by atoms with Crippen molar-refractivity contribution in [3.8, 4) is 0 Å². The molecule has 0 aromatic carbocycles. The monoisotopic (exact) mass is 878 g/mol. The summed E-state index contributed by atoms with van der Waals surface area (Å²) in [6.07, 6.45) is 38.7. The Balaban J connectivity index is 2.26. The van der Waals surface area contributed by atoms with Crippen LogP contribution in [-0.4, -0.2) is 60.5 Å². The molecule has 0 fully saturated rings. The average Bonchev–Trinajstić information content (AvgIpc) is 3.51. The lowest BCUT2D eigenvalue weighted by Crippen LogP contribution is -2.29. The lowest BCUT2D eigenvalue weighted by Gasteiger charge is -2.19. The summed E-state index contributed by atoms with van der Waals surface area (Å²) in [4.78, 5) is 35.0. The molecule has 61 heavy (non-hydrogen) atoms. The van der Waals surface area contributed by atoms with Gasteiger partial charge in [-0.05, 0) is 82.8 Å². The third-order valence-electron chi connectivity index (χ3n) is 10.5. The number of hydrogen-bond acceptors (Lipinski definition) is 10. The Morgan fingerprint density at radius 2 is 1.20 bits per heavy atom. The van der Waals surface area contributed by atoms with Crippen LogP contribution >= 0.6 is 7.82 Å². The number of esters is 2. The second-order valence-corrected chi connectivity index (χ2v) is 17.5. The predicted octanol–water partition coefficient (Wildman–Crippen LogP) is 12.1. The van der Waals surface area contributed by atoms with Crippen LogP contribution in [0.25, 0.3) is 0 Å². The van der Waals surface area contributed by atoms with E-state index in [4.69, 9.17) is 28.7 Å². The zero-order chi connectivity index (χ0) is 44.8. The molecule has 0 saturated heterocycles. The molecule has 0 amide bonds. The van der Waals surface area contributed by atoms with Crippen molar-refractivity contribution in [2.75, 3.05) is 26.4 Å². The van der Waals surface area contributed by atoms with E-state index < -0.39 is 32.5 Å². The van der Waals surface area contributed by atoms with E-state index in [9.17, 15) is 24.2 Å². The topological polar surface area (TPSA) is 168 Å². The molecule has 12 heteroatoms. The summed E-state index contributed by atoms with van der Waals surface area (Å²) >= 11 is 0. The second-order valence-electron chi connectivity index (χ2n) is 16.0. The molecular weight excluding hydrogens is 794 g/mol. The molecule has 0 spiro atoms. The van der Waals surface area contributed by atoms with Gasteiger partial charge in [-0.15, -0.1) is 0 Å². The molecule has 4 N–H and O–H groups in total. The Hall–Kier alpha value is -2.79. The minimum absolute atomic E-state index is 0.0330. The van der Waals surface area contributed by atoms with Gasteiger partial charge >= 0.3 is 19.8 Å². The van der Waals surface area contributed by atoms with Crippen LogP contribution in [0.2, 0.25) is 0 Å². The van der Waals surface area contributed by atoms with E-state index in [0.717, 1.165) is 70.6 Å². The van der Waals surface area contributed by atoms with Gasteiger partial charge in [-0.1, -0.05) is 140 Å². The van der Waals surface area contributed by atoms with Crippen molar-refractivity contribution in [2.45, 2.75) is 200 Å². The molecule has 1 aromatic rings. The first kappa shape index (κ1) is 56.2. The Labute approximate surface area is 369 Å². The Morgan fingerprint density at radius 1 is 0.672 bits per heavy atom. The predicted molar refractivity (Wildman–Crippen MR) is 247 cm³/mol. The van der Waals surface area contributed by atoms with Crippen molar-refractivity contribution < 1.29 is 47.1 Å². The van der Waals surface area contributed by atoms with Crippen LogP contribution in [0.1, 0.15) is 184 Å². The number of aryl methyl sites for hydroxylation is 2. The molecule has 11 nitrogen and oxygen atoms in total. The first-order valence-corrected chi connectivity index (χ1v) is 25.1. The van der Waals surface area contributed by atoms with Crippen molar-refractivity contribution in [2.24, 2.45) is 5.73 Å². The van der Waals surface area contributed by atoms with Gasteiger partial charge < -0.3 is 29.6 Å². The second kappa shape index (κ2) is 37.7. The number of hydrogen-bond donors (Lipinski definition) is 3. The highest BCUT2D eigenvalue weighted by Gasteiger charge is 2.26. The number of phosphoric acid groups is 1. The summed E-state index contributed by atoms with van der Waals surface area (Å²) in [7, 11) is -4.41. The summed E-state index contributed by atoms with van der Waals surface area (Å²) in [6.45, 7) is 7.83. The number of ether oxygens (including phenoxy) is 2. The molecule has 0 aliphatic carbocycles. The number of aliphatic hydroxyl groups excluding tert-OH is 1. The summed E-state index contributed by atoms with van der Waals surface area (Å²) in [6, 6.07) is 0. The number of furan rings is 1. The maximum atomic E-state index is 12.7. The van der Waals surface area contributed by atoms with E-state index in [2.05, 4.69) is 58.1 Å². The molecule has 1 aromatic heterocycles. The SMILES string of the molecule is CCCCCc1oc(CCCCCCCCCCCCC(=O)O[C@H](COC(=O)CCC/C=C\C/C=C\C/C=C\C/C=C\[C@@H](O)CCCC)COP(=O)(O)OCCN)c(C)c1C. The summed E-state index contributed by atoms with van der Waals surface area (Å²) < 4.78 is 39.0. The largest absolute Gasteiger partial charge is 0.472 e. The highest BCUT2D eigenvalue weighted by atomic mass is 31.2. The van der Waals surface area contributed by atoms with Crippen LogP contribution in [-0.2, 0) is 45.5 Å². The van der Waals surface area contributed by atoms with Crippen LogP contribution in [0.3, 0.4) is 0 Å². The van der Waals surface area contributed by atoms with E-state index >= 15 is 0 Å². The lowest BCUT2D eigenvalue weighted by molar-refractivity contribution is -0.161. The fraction of sp³-hybridized carbons (Fsp3) is 0.714. The minimum Gasteiger partial charge on any atom is -0.466 e. The molecule has 0 saturated carbocycles. The fourth-order valence-electron chi connectivity index (χ4n) is 6.65. The molecule has 0 aliphatic rings. The van der Waals surface area contributed by atoms with Crippen molar-refractivity contribution >= 4 is 19.8 Å². The normalized spacial score (nSPS) is 14.1. The molecular formula is C49H84NO10P. The van der Waals surface area contributed by atoms with Crippen molar-refractivity contribution in [1.29, 1.82) is 0 Å².